The lowest BCUT2D eigenvalue weighted by atomic mass is 9.84. The number of pyridine rings is 1. The summed E-state index contributed by atoms with van der Waals surface area (Å²) in [6.45, 7) is 6.77. The van der Waals surface area contributed by atoms with Gasteiger partial charge in [-0.15, -0.1) is 0 Å². The normalized spacial score (nSPS) is 18.4. The van der Waals surface area contributed by atoms with E-state index in [1.54, 1.807) is 7.11 Å². The van der Waals surface area contributed by atoms with Crippen molar-refractivity contribution in [2.75, 3.05) is 20.3 Å². The fourth-order valence-corrected chi connectivity index (χ4v) is 3.53. The predicted molar refractivity (Wildman–Crippen MR) is 114 cm³/mol. The van der Waals surface area contributed by atoms with E-state index in [-0.39, 0.29) is 6.10 Å². The molecule has 6 N–H and O–H groups in total. The van der Waals surface area contributed by atoms with Gasteiger partial charge in [-0.25, -0.2) is 4.98 Å². The first-order chi connectivity index (χ1) is 13.5. The van der Waals surface area contributed by atoms with E-state index in [0.29, 0.717) is 47.5 Å². The van der Waals surface area contributed by atoms with E-state index in [1.807, 2.05) is 13.0 Å². The molecule has 28 heavy (non-hydrogen) atoms. The van der Waals surface area contributed by atoms with E-state index in [1.165, 1.54) is 18.6 Å². The van der Waals surface area contributed by atoms with Gasteiger partial charge in [0.05, 0.1) is 30.4 Å². The molecule has 0 aliphatic heterocycles. The summed E-state index contributed by atoms with van der Waals surface area (Å²) in [5.74, 6) is 0. The van der Waals surface area contributed by atoms with Crippen LogP contribution in [0.3, 0.4) is 0 Å². The molecule has 0 amide bonds. The maximum Gasteiger partial charge on any atom is 0.0775 e. The molecule has 1 atom stereocenters. The van der Waals surface area contributed by atoms with Crippen molar-refractivity contribution >= 4 is 29.7 Å². The van der Waals surface area contributed by atoms with Gasteiger partial charge in [-0.2, -0.15) is 0 Å². The number of nitrogens with two attached hydrogens (primary N) is 2. The molecular formula is C21H29N5O2. The lowest BCUT2D eigenvalue weighted by Gasteiger charge is -2.27. The molecule has 0 radical (unpaired) electrons. The Morgan fingerprint density at radius 1 is 1.29 bits per heavy atom. The Kier molecular flexibility index (Phi) is 7.66. The lowest BCUT2D eigenvalue weighted by molar-refractivity contribution is 0.0109. The van der Waals surface area contributed by atoms with Crippen LogP contribution in [0.4, 0.5) is 0 Å². The summed E-state index contributed by atoms with van der Waals surface area (Å²) < 4.78 is 11.0. The van der Waals surface area contributed by atoms with Crippen LogP contribution in [0.1, 0.15) is 30.2 Å². The number of rotatable bonds is 8. The molecule has 1 aliphatic rings. The minimum absolute atomic E-state index is 0.0294. The van der Waals surface area contributed by atoms with Crippen LogP contribution in [-0.2, 0) is 22.3 Å². The molecule has 1 unspecified atom stereocenters. The first kappa shape index (κ1) is 21.5. The molecule has 7 heteroatoms. The van der Waals surface area contributed by atoms with E-state index in [0.717, 1.165) is 29.2 Å². The highest BCUT2D eigenvalue weighted by Crippen LogP contribution is 2.26. The molecule has 0 saturated heterocycles. The Balaban J connectivity index is 2.78. The second kappa shape index (κ2) is 9.96. The van der Waals surface area contributed by atoms with Crippen molar-refractivity contribution in [3.05, 3.63) is 45.9 Å². The van der Waals surface area contributed by atoms with Crippen LogP contribution in [0.15, 0.2) is 18.5 Å². The SMILES string of the molecule is C=C(N)/C(C=N)=c1/c2c(c(/C(C=N)=C/N)n/c1=C/C)CC(OCCOC)CC2. The maximum absolute atomic E-state index is 7.83. The highest BCUT2D eigenvalue weighted by Gasteiger charge is 2.25. The fraction of sp³-hybridized carbons (Fsp3) is 0.381. The van der Waals surface area contributed by atoms with Crippen LogP contribution in [0.5, 0.6) is 0 Å². The highest BCUT2D eigenvalue weighted by molar-refractivity contribution is 6.09. The van der Waals surface area contributed by atoms with Gasteiger partial charge in [0.25, 0.3) is 0 Å². The number of nitrogens with one attached hydrogen (secondary N) is 2. The van der Waals surface area contributed by atoms with Crippen LogP contribution in [0, 0.1) is 10.8 Å². The van der Waals surface area contributed by atoms with Crippen molar-refractivity contribution in [3.63, 3.8) is 0 Å². The first-order valence-electron chi connectivity index (χ1n) is 9.23. The Labute approximate surface area is 165 Å². The summed E-state index contributed by atoms with van der Waals surface area (Å²) in [7, 11) is 1.65. The first-order valence-corrected chi connectivity index (χ1v) is 9.23. The summed E-state index contributed by atoms with van der Waals surface area (Å²) in [6, 6.07) is 0. The molecule has 0 bridgehead atoms. The number of hydrogen-bond donors (Lipinski definition) is 4. The summed E-state index contributed by atoms with van der Waals surface area (Å²) >= 11 is 0. The van der Waals surface area contributed by atoms with Crippen molar-refractivity contribution in [1.82, 2.24) is 4.98 Å². The molecule has 0 saturated carbocycles. The zero-order valence-corrected chi connectivity index (χ0v) is 16.5. The van der Waals surface area contributed by atoms with Crippen molar-refractivity contribution < 1.29 is 9.47 Å². The van der Waals surface area contributed by atoms with Crippen molar-refractivity contribution in [3.8, 4) is 0 Å². The maximum atomic E-state index is 7.83. The zero-order valence-electron chi connectivity index (χ0n) is 16.5. The monoisotopic (exact) mass is 383 g/mol. The number of methoxy groups -OCH3 is 1. The largest absolute Gasteiger partial charge is 0.404 e. The third-order valence-electron chi connectivity index (χ3n) is 4.87. The second-order valence-electron chi connectivity index (χ2n) is 6.54. The van der Waals surface area contributed by atoms with Gasteiger partial charge in [-0.05, 0) is 30.9 Å². The van der Waals surface area contributed by atoms with Gasteiger partial charge in [0, 0.05) is 54.2 Å². The summed E-state index contributed by atoms with van der Waals surface area (Å²) in [5.41, 5.74) is 15.9. The lowest BCUT2D eigenvalue weighted by Crippen LogP contribution is -2.41. The highest BCUT2D eigenvalue weighted by atomic mass is 16.5. The third kappa shape index (κ3) is 4.37. The quantitative estimate of drug-likeness (QED) is 0.386. The van der Waals surface area contributed by atoms with Gasteiger partial charge in [-0.3, -0.25) is 0 Å². The van der Waals surface area contributed by atoms with Gasteiger partial charge >= 0.3 is 0 Å². The molecule has 1 aliphatic carbocycles. The second-order valence-corrected chi connectivity index (χ2v) is 6.54. The van der Waals surface area contributed by atoms with Gasteiger partial charge in [0.1, 0.15) is 0 Å². The summed E-state index contributed by atoms with van der Waals surface area (Å²) in [6.07, 6.45) is 7.97. The van der Waals surface area contributed by atoms with E-state index < -0.39 is 0 Å². The Hall–Kier alpha value is -2.77. The molecule has 0 fully saturated rings. The van der Waals surface area contributed by atoms with E-state index >= 15 is 0 Å². The topological polar surface area (TPSA) is 131 Å². The molecule has 2 rings (SSSR count). The van der Waals surface area contributed by atoms with Crippen molar-refractivity contribution in [2.45, 2.75) is 32.3 Å². The van der Waals surface area contributed by atoms with Crippen LogP contribution in [-0.4, -0.2) is 43.8 Å². The van der Waals surface area contributed by atoms with E-state index in [9.17, 15) is 0 Å². The van der Waals surface area contributed by atoms with Gasteiger partial charge < -0.3 is 31.8 Å². The number of fused-ring (bicyclic) bond motifs is 1. The molecule has 1 heterocycles. The molecule has 7 nitrogen and oxygen atoms in total. The molecule has 1 aromatic rings. The Morgan fingerprint density at radius 2 is 2.04 bits per heavy atom. The summed E-state index contributed by atoms with van der Waals surface area (Å²) in [4.78, 5) is 4.77. The third-order valence-corrected chi connectivity index (χ3v) is 4.87. The van der Waals surface area contributed by atoms with Crippen LogP contribution in [0.2, 0.25) is 0 Å². The van der Waals surface area contributed by atoms with Gasteiger partial charge in [0.15, 0.2) is 0 Å². The van der Waals surface area contributed by atoms with Crippen LogP contribution in [0.25, 0.3) is 17.2 Å². The molecule has 0 aromatic carbocycles. The zero-order chi connectivity index (χ0) is 20.7. The average Bonchev–Trinajstić information content (AvgIpc) is 2.70. The molecule has 1 aromatic heterocycles. The molecule has 0 spiro atoms. The van der Waals surface area contributed by atoms with E-state index in [2.05, 4.69) is 6.58 Å². The fourth-order valence-electron chi connectivity index (χ4n) is 3.53. The average molecular weight is 383 g/mol. The number of aromatic nitrogens is 1. The minimum atomic E-state index is 0.0294. The van der Waals surface area contributed by atoms with Crippen LogP contribution < -0.4 is 22.0 Å². The van der Waals surface area contributed by atoms with Crippen molar-refractivity contribution in [2.24, 2.45) is 11.5 Å². The van der Waals surface area contributed by atoms with E-state index in [4.69, 9.17) is 36.7 Å². The Morgan fingerprint density at radius 3 is 2.57 bits per heavy atom. The smallest absolute Gasteiger partial charge is 0.0775 e. The number of hydrogen-bond acceptors (Lipinski definition) is 7. The van der Waals surface area contributed by atoms with Gasteiger partial charge in [0.2, 0.25) is 0 Å². The number of ether oxygens (including phenoxy) is 2. The number of allylic oxidation sites excluding steroid dienone is 2. The van der Waals surface area contributed by atoms with Crippen LogP contribution >= 0.6 is 0 Å². The predicted octanol–water partition coefficient (Wildman–Crippen LogP) is 0.624. The number of nitrogens with zero attached hydrogens (tertiary/aromatic N) is 1. The molecule has 150 valence electrons. The summed E-state index contributed by atoms with van der Waals surface area (Å²) in [5, 5.41) is 17.1. The molecular weight excluding hydrogens is 354 g/mol. The minimum Gasteiger partial charge on any atom is -0.404 e. The standard InChI is InChI=1S/C21H29N5O2/c1-4-19-20(18(12-24)13(2)25)16-6-5-15(28-8-7-27-3)9-17(16)21(26-19)14(10-22)11-23/h4,10-12,15,22,24H,2,5-9,23,25H2,1,3H3/b14-11+,19-4+,20-18-,22-10?,24-12?. The Bertz CT molecular complexity index is 918. The van der Waals surface area contributed by atoms with Gasteiger partial charge in [-0.1, -0.05) is 12.7 Å². The van der Waals surface area contributed by atoms with Crippen molar-refractivity contribution in [1.29, 1.82) is 10.8 Å².